The second-order valence-electron chi connectivity index (χ2n) is 6.04. The average molecular weight is 499 g/mol. The SMILES string of the molecule is COCN(C(=O)c1c(F)cccc1F)C(=O)N(COC)c1ccc(SC(F)(F)F)cc1Cl. The highest BCUT2D eigenvalue weighted by Crippen LogP contribution is 2.40. The minimum atomic E-state index is -4.56. The molecule has 3 amide bonds. The molecule has 0 N–H and O–H groups in total. The predicted octanol–water partition coefficient (Wildman–Crippen LogP) is 5.51. The molecular weight excluding hydrogens is 483 g/mol. The lowest BCUT2D eigenvalue weighted by atomic mass is 10.1. The molecule has 0 atom stereocenters. The fourth-order valence-electron chi connectivity index (χ4n) is 2.57. The zero-order valence-electron chi connectivity index (χ0n) is 16.6. The van der Waals surface area contributed by atoms with Crippen molar-refractivity contribution in [1.82, 2.24) is 4.90 Å². The summed E-state index contributed by atoms with van der Waals surface area (Å²) in [6.45, 7) is -1.18. The molecule has 2 rings (SSSR count). The molecule has 0 heterocycles. The first-order chi connectivity index (χ1) is 15.0. The summed E-state index contributed by atoms with van der Waals surface area (Å²) >= 11 is 5.67. The standard InChI is InChI=1S/C19H16ClF5N2O4S/c1-30-9-26(15-7-6-11(8-12(15)20)32-19(23,24)25)18(29)27(10-31-2)17(28)16-13(21)4-3-5-14(16)22/h3-8H,9-10H2,1-2H3. The maximum atomic E-state index is 14.1. The zero-order valence-corrected chi connectivity index (χ0v) is 18.2. The number of ether oxygens (including phenoxy) is 2. The van der Waals surface area contributed by atoms with Gasteiger partial charge < -0.3 is 9.47 Å². The highest BCUT2D eigenvalue weighted by Gasteiger charge is 2.33. The molecule has 0 radical (unpaired) electrons. The molecule has 32 heavy (non-hydrogen) atoms. The number of imide groups is 1. The van der Waals surface area contributed by atoms with Gasteiger partial charge in [-0.1, -0.05) is 17.7 Å². The minimum Gasteiger partial charge on any atom is -0.364 e. The molecule has 13 heteroatoms. The van der Waals surface area contributed by atoms with Gasteiger partial charge in [-0.15, -0.1) is 0 Å². The molecule has 0 aromatic heterocycles. The maximum absolute atomic E-state index is 14.1. The van der Waals surface area contributed by atoms with Crippen LogP contribution in [0.1, 0.15) is 10.4 Å². The highest BCUT2D eigenvalue weighted by atomic mass is 35.5. The van der Waals surface area contributed by atoms with Gasteiger partial charge in [0, 0.05) is 19.1 Å². The molecule has 0 unspecified atom stereocenters. The number of urea groups is 1. The Labute approximate surface area is 188 Å². The number of hydrogen-bond acceptors (Lipinski definition) is 5. The van der Waals surface area contributed by atoms with Crippen molar-refractivity contribution in [3.05, 3.63) is 58.6 Å². The van der Waals surface area contributed by atoms with E-state index in [2.05, 4.69) is 0 Å². The molecule has 0 saturated carbocycles. The number of hydrogen-bond donors (Lipinski definition) is 0. The van der Waals surface area contributed by atoms with Crippen molar-refractivity contribution < 1.29 is 41.0 Å². The number of rotatable bonds is 7. The Bertz CT molecular complexity index is 972. The number of amides is 3. The second kappa shape index (κ2) is 10.9. The van der Waals surface area contributed by atoms with Crippen molar-refractivity contribution in [3.8, 4) is 0 Å². The molecule has 0 aliphatic heterocycles. The fraction of sp³-hybridized carbons (Fsp3) is 0.263. The number of alkyl halides is 3. The summed E-state index contributed by atoms with van der Waals surface area (Å²) in [7, 11) is 2.35. The first-order valence-corrected chi connectivity index (χ1v) is 9.80. The van der Waals surface area contributed by atoms with Gasteiger partial charge in [0.2, 0.25) is 0 Å². The molecule has 6 nitrogen and oxygen atoms in total. The highest BCUT2D eigenvalue weighted by molar-refractivity contribution is 8.00. The number of halogens is 6. The fourth-order valence-corrected chi connectivity index (χ4v) is 3.50. The molecule has 0 fully saturated rings. The topological polar surface area (TPSA) is 59.1 Å². The van der Waals surface area contributed by atoms with Gasteiger partial charge in [-0.05, 0) is 42.1 Å². The van der Waals surface area contributed by atoms with Gasteiger partial charge in [0.25, 0.3) is 5.91 Å². The third-order valence-corrected chi connectivity index (χ3v) is 4.87. The molecule has 2 aromatic rings. The van der Waals surface area contributed by atoms with E-state index >= 15 is 0 Å². The van der Waals surface area contributed by atoms with Crippen LogP contribution < -0.4 is 4.90 Å². The van der Waals surface area contributed by atoms with Gasteiger partial charge >= 0.3 is 11.5 Å². The van der Waals surface area contributed by atoms with E-state index in [1.807, 2.05) is 0 Å². The van der Waals surface area contributed by atoms with Crippen LogP contribution in [0, 0.1) is 11.6 Å². The second-order valence-corrected chi connectivity index (χ2v) is 7.58. The van der Waals surface area contributed by atoms with E-state index in [-0.39, 0.29) is 15.6 Å². The van der Waals surface area contributed by atoms with Crippen molar-refractivity contribution in [2.45, 2.75) is 10.4 Å². The van der Waals surface area contributed by atoms with E-state index in [1.54, 1.807) is 0 Å². The van der Waals surface area contributed by atoms with Crippen LogP contribution >= 0.6 is 23.4 Å². The van der Waals surface area contributed by atoms with Crippen LogP contribution in [-0.4, -0.2) is 50.0 Å². The van der Waals surface area contributed by atoms with E-state index in [0.717, 1.165) is 48.4 Å². The van der Waals surface area contributed by atoms with Gasteiger partial charge in [-0.25, -0.2) is 18.5 Å². The maximum Gasteiger partial charge on any atom is 0.446 e. The number of benzene rings is 2. The molecule has 0 saturated heterocycles. The predicted molar refractivity (Wildman–Crippen MR) is 108 cm³/mol. The molecule has 174 valence electrons. The normalized spacial score (nSPS) is 11.4. The summed E-state index contributed by atoms with van der Waals surface area (Å²) < 4.78 is 75.8. The Morgan fingerprint density at radius 2 is 1.62 bits per heavy atom. The van der Waals surface area contributed by atoms with Gasteiger partial charge in [-0.2, -0.15) is 13.2 Å². The Hall–Kier alpha value is -2.41. The monoisotopic (exact) mass is 498 g/mol. The number of anilines is 1. The Kier molecular flexibility index (Phi) is 8.84. The summed E-state index contributed by atoms with van der Waals surface area (Å²) in [5, 5.41) is -0.258. The van der Waals surface area contributed by atoms with E-state index in [1.165, 1.54) is 7.11 Å². The lowest BCUT2D eigenvalue weighted by Crippen LogP contribution is -2.48. The lowest BCUT2D eigenvalue weighted by molar-refractivity contribution is -0.0328. The number of methoxy groups -OCH3 is 2. The largest absolute Gasteiger partial charge is 0.446 e. The number of nitrogens with zero attached hydrogens (tertiary/aromatic N) is 2. The van der Waals surface area contributed by atoms with E-state index in [9.17, 15) is 31.5 Å². The van der Waals surface area contributed by atoms with Gasteiger partial charge in [-0.3, -0.25) is 9.69 Å². The number of thioether (sulfide) groups is 1. The van der Waals surface area contributed by atoms with Crippen LogP contribution in [0.4, 0.5) is 32.4 Å². The van der Waals surface area contributed by atoms with Gasteiger partial charge in [0.1, 0.15) is 30.7 Å². The molecule has 0 aliphatic rings. The third-order valence-electron chi connectivity index (χ3n) is 3.84. The van der Waals surface area contributed by atoms with Crippen LogP contribution in [-0.2, 0) is 9.47 Å². The number of carbonyl (C=O) groups excluding carboxylic acids is 2. The van der Waals surface area contributed by atoms with Crippen LogP contribution in [0.2, 0.25) is 5.02 Å². The van der Waals surface area contributed by atoms with E-state index in [0.29, 0.717) is 4.90 Å². The lowest BCUT2D eigenvalue weighted by Gasteiger charge is -2.29. The van der Waals surface area contributed by atoms with Crippen molar-refractivity contribution >= 4 is 41.0 Å². The summed E-state index contributed by atoms with van der Waals surface area (Å²) in [6.07, 6.45) is 0. The quantitative estimate of drug-likeness (QED) is 0.286. The van der Waals surface area contributed by atoms with E-state index in [4.69, 9.17) is 21.1 Å². The van der Waals surface area contributed by atoms with Crippen molar-refractivity contribution in [1.29, 1.82) is 0 Å². The van der Waals surface area contributed by atoms with Crippen LogP contribution in [0.5, 0.6) is 0 Å². The van der Waals surface area contributed by atoms with Crippen molar-refractivity contribution in [3.63, 3.8) is 0 Å². The average Bonchev–Trinajstić information content (AvgIpc) is 2.69. The van der Waals surface area contributed by atoms with Crippen LogP contribution in [0.3, 0.4) is 0 Å². The Morgan fingerprint density at radius 3 is 2.12 bits per heavy atom. The van der Waals surface area contributed by atoms with Crippen LogP contribution in [0.15, 0.2) is 41.3 Å². The number of carbonyl (C=O) groups is 2. The first-order valence-electron chi connectivity index (χ1n) is 8.60. The summed E-state index contributed by atoms with van der Waals surface area (Å²) in [5.41, 5.74) is -5.65. The molecule has 0 spiro atoms. The molecule has 2 aromatic carbocycles. The summed E-state index contributed by atoms with van der Waals surface area (Å²) in [6, 6.07) is 4.74. The van der Waals surface area contributed by atoms with Gasteiger partial charge in [0.15, 0.2) is 0 Å². The Balaban J connectivity index is 2.44. The van der Waals surface area contributed by atoms with Gasteiger partial charge in [0.05, 0.1) is 10.7 Å². The van der Waals surface area contributed by atoms with Crippen molar-refractivity contribution in [2.24, 2.45) is 0 Å². The molecular formula is C19H16ClF5N2O4S. The summed E-state index contributed by atoms with van der Waals surface area (Å²) in [5.74, 6) is -3.74. The first kappa shape index (κ1) is 25.8. The van der Waals surface area contributed by atoms with Crippen molar-refractivity contribution in [2.75, 3.05) is 32.6 Å². The minimum absolute atomic E-state index is 0.104. The zero-order chi connectivity index (χ0) is 24.1. The molecule has 0 bridgehead atoms. The third kappa shape index (κ3) is 6.31. The molecule has 0 aliphatic carbocycles. The smallest absolute Gasteiger partial charge is 0.364 e. The van der Waals surface area contributed by atoms with Crippen LogP contribution in [0.25, 0.3) is 0 Å². The Morgan fingerprint density at radius 1 is 1.03 bits per heavy atom. The summed E-state index contributed by atoms with van der Waals surface area (Å²) in [4.78, 5) is 26.8. The van der Waals surface area contributed by atoms with E-state index < -0.39 is 59.9 Å².